The van der Waals surface area contributed by atoms with Crippen molar-refractivity contribution >= 4 is 29.6 Å². The second kappa shape index (κ2) is 9.27. The maximum absolute atomic E-state index is 12.3. The normalized spacial score (nSPS) is 15.1. The molecule has 1 atom stereocenters. The summed E-state index contributed by atoms with van der Waals surface area (Å²) < 4.78 is 6.95. The molecule has 0 spiro atoms. The summed E-state index contributed by atoms with van der Waals surface area (Å²) in [5.74, 6) is -0.726. The molecule has 1 aromatic carbocycles. The van der Waals surface area contributed by atoms with Crippen LogP contribution in [0.4, 0.5) is 0 Å². The molecular weight excluding hydrogens is 390 g/mol. The number of benzene rings is 1. The number of hydrogen-bond acceptors (Lipinski definition) is 4. The van der Waals surface area contributed by atoms with Crippen molar-refractivity contribution in [3.63, 3.8) is 0 Å². The highest BCUT2D eigenvalue weighted by atomic mass is 35.5. The van der Waals surface area contributed by atoms with E-state index >= 15 is 0 Å². The summed E-state index contributed by atoms with van der Waals surface area (Å²) in [7, 11) is 0. The van der Waals surface area contributed by atoms with E-state index in [9.17, 15) is 9.59 Å². The molecule has 2 heterocycles. The number of aryl methyl sites for hydroxylation is 2. The molecule has 1 fully saturated rings. The first-order chi connectivity index (χ1) is 13.8. The summed E-state index contributed by atoms with van der Waals surface area (Å²) in [6, 6.07) is 8.16. The van der Waals surface area contributed by atoms with Gasteiger partial charge in [-0.25, -0.2) is 9.48 Å². The van der Waals surface area contributed by atoms with E-state index in [0.29, 0.717) is 23.0 Å². The minimum absolute atomic E-state index is 0.149. The van der Waals surface area contributed by atoms with E-state index in [-0.39, 0.29) is 5.91 Å². The largest absolute Gasteiger partial charge is 0.449 e. The van der Waals surface area contributed by atoms with E-state index < -0.39 is 12.1 Å². The highest BCUT2D eigenvalue weighted by molar-refractivity contribution is 6.31. The van der Waals surface area contributed by atoms with Crippen molar-refractivity contribution in [1.82, 2.24) is 14.7 Å². The van der Waals surface area contributed by atoms with Crippen LogP contribution < -0.4 is 0 Å². The molecule has 1 aliphatic rings. The third-order valence-corrected chi connectivity index (χ3v) is 5.41. The van der Waals surface area contributed by atoms with Crippen molar-refractivity contribution in [1.29, 1.82) is 0 Å². The van der Waals surface area contributed by atoms with Crippen LogP contribution in [-0.2, 0) is 20.9 Å². The number of rotatable bonds is 6. The summed E-state index contributed by atoms with van der Waals surface area (Å²) in [4.78, 5) is 26.1. The minimum Gasteiger partial charge on any atom is -0.449 e. The molecule has 154 valence electrons. The first kappa shape index (κ1) is 21.1. The molecular formula is C22H26ClN3O3. The molecule has 1 aromatic heterocycles. The molecule has 1 saturated heterocycles. The zero-order chi connectivity index (χ0) is 21.0. The zero-order valence-electron chi connectivity index (χ0n) is 17.0. The van der Waals surface area contributed by atoms with Crippen molar-refractivity contribution in [3.05, 3.63) is 57.9 Å². The van der Waals surface area contributed by atoms with E-state index in [1.165, 1.54) is 11.6 Å². The number of ether oxygens (including phenoxy) is 1. The monoisotopic (exact) mass is 415 g/mol. The Bertz CT molecular complexity index is 912. The van der Waals surface area contributed by atoms with Crippen LogP contribution in [0.25, 0.3) is 6.08 Å². The molecule has 7 heteroatoms. The van der Waals surface area contributed by atoms with Gasteiger partial charge < -0.3 is 9.64 Å². The summed E-state index contributed by atoms with van der Waals surface area (Å²) >= 11 is 6.47. The topological polar surface area (TPSA) is 64.4 Å². The lowest BCUT2D eigenvalue weighted by molar-refractivity contribution is -0.154. The number of nitrogens with zero attached hydrogens (tertiary/aromatic N) is 3. The third-order valence-electron chi connectivity index (χ3n) is 5.01. The maximum Gasteiger partial charge on any atom is 0.331 e. The second-order valence-electron chi connectivity index (χ2n) is 7.38. The van der Waals surface area contributed by atoms with Crippen LogP contribution in [0.5, 0.6) is 0 Å². The maximum atomic E-state index is 12.3. The Morgan fingerprint density at radius 3 is 2.52 bits per heavy atom. The lowest BCUT2D eigenvalue weighted by atomic mass is 10.1. The number of esters is 1. The fourth-order valence-electron chi connectivity index (χ4n) is 3.34. The number of halogens is 1. The van der Waals surface area contributed by atoms with Gasteiger partial charge in [0.1, 0.15) is 5.15 Å². The average molecular weight is 416 g/mol. The summed E-state index contributed by atoms with van der Waals surface area (Å²) in [6.07, 6.45) is 4.07. The molecule has 0 N–H and O–H groups in total. The summed E-state index contributed by atoms with van der Waals surface area (Å²) in [6.45, 7) is 7.47. The van der Waals surface area contributed by atoms with Crippen LogP contribution in [-0.4, -0.2) is 45.8 Å². The van der Waals surface area contributed by atoms with Gasteiger partial charge in [-0.3, -0.25) is 4.79 Å². The number of carbonyl (C=O) groups is 2. The molecule has 3 rings (SSSR count). The SMILES string of the molecule is Cc1ccc(Cn2nc(C)c(/C=C/C(=O)O[C@H](C)C(=O)N3CCCC3)c2Cl)cc1. The van der Waals surface area contributed by atoms with Crippen molar-refractivity contribution in [2.45, 2.75) is 46.3 Å². The predicted octanol–water partition coefficient (Wildman–Crippen LogP) is 3.77. The van der Waals surface area contributed by atoms with Crippen molar-refractivity contribution < 1.29 is 14.3 Å². The van der Waals surface area contributed by atoms with Gasteiger partial charge in [0.2, 0.25) is 0 Å². The molecule has 0 aliphatic carbocycles. The molecule has 0 radical (unpaired) electrons. The quantitative estimate of drug-likeness (QED) is 0.532. The Hall–Kier alpha value is -2.60. The van der Waals surface area contributed by atoms with Crippen LogP contribution >= 0.6 is 11.6 Å². The molecule has 1 aliphatic heterocycles. The molecule has 2 aromatic rings. The molecule has 1 amide bonds. The molecule has 0 unspecified atom stereocenters. The number of hydrogen-bond donors (Lipinski definition) is 0. The molecule has 29 heavy (non-hydrogen) atoms. The Morgan fingerprint density at radius 2 is 1.86 bits per heavy atom. The Labute approximate surface area is 176 Å². The highest BCUT2D eigenvalue weighted by Gasteiger charge is 2.25. The van der Waals surface area contributed by atoms with Gasteiger partial charge in [0.25, 0.3) is 5.91 Å². The Balaban J connectivity index is 1.63. The first-order valence-corrected chi connectivity index (χ1v) is 10.2. The van der Waals surface area contributed by atoms with Crippen molar-refractivity contribution in [2.24, 2.45) is 0 Å². The Kier molecular flexibility index (Phi) is 6.75. The van der Waals surface area contributed by atoms with Gasteiger partial charge in [-0.05, 0) is 45.3 Å². The number of carbonyl (C=O) groups excluding carboxylic acids is 2. The van der Waals surface area contributed by atoms with Crippen molar-refractivity contribution in [3.8, 4) is 0 Å². The Morgan fingerprint density at radius 1 is 1.21 bits per heavy atom. The van der Waals surface area contributed by atoms with E-state index in [2.05, 4.69) is 5.10 Å². The highest BCUT2D eigenvalue weighted by Crippen LogP contribution is 2.22. The van der Waals surface area contributed by atoms with E-state index in [1.54, 1.807) is 22.6 Å². The zero-order valence-corrected chi connectivity index (χ0v) is 17.8. The van der Waals surface area contributed by atoms with Crippen molar-refractivity contribution in [2.75, 3.05) is 13.1 Å². The standard InChI is InChI=1S/C22H26ClN3O3/c1-15-6-8-18(9-7-15)14-26-21(23)19(16(2)24-26)10-11-20(27)29-17(3)22(28)25-12-4-5-13-25/h6-11,17H,4-5,12-14H2,1-3H3/b11-10+/t17-/m1/s1. The third kappa shape index (κ3) is 5.26. The van der Waals surface area contributed by atoms with Gasteiger partial charge >= 0.3 is 5.97 Å². The minimum atomic E-state index is -0.800. The summed E-state index contributed by atoms with van der Waals surface area (Å²) in [5, 5.41) is 4.92. The van der Waals surface area contributed by atoms with Crippen LogP contribution in [0.1, 0.15) is 42.1 Å². The number of likely N-dealkylation sites (tertiary alicyclic amines) is 1. The van der Waals surface area contributed by atoms with Gasteiger partial charge in [0.05, 0.1) is 12.2 Å². The van der Waals surface area contributed by atoms with E-state index in [4.69, 9.17) is 16.3 Å². The van der Waals surface area contributed by atoms with Gasteiger partial charge in [-0.1, -0.05) is 41.4 Å². The van der Waals surface area contributed by atoms with Gasteiger partial charge in [-0.2, -0.15) is 5.10 Å². The fraction of sp³-hybridized carbons (Fsp3) is 0.409. The predicted molar refractivity (Wildman–Crippen MR) is 113 cm³/mol. The number of amides is 1. The van der Waals surface area contributed by atoms with E-state index in [1.807, 2.05) is 38.1 Å². The van der Waals surface area contributed by atoms with Crippen LogP contribution in [0.2, 0.25) is 5.15 Å². The van der Waals surface area contributed by atoms with Crippen LogP contribution in [0, 0.1) is 13.8 Å². The van der Waals surface area contributed by atoms with Gasteiger partial charge in [0, 0.05) is 24.7 Å². The lowest BCUT2D eigenvalue weighted by Crippen LogP contribution is -2.37. The summed E-state index contributed by atoms with van der Waals surface area (Å²) in [5.41, 5.74) is 3.65. The van der Waals surface area contributed by atoms with Gasteiger partial charge in [-0.15, -0.1) is 0 Å². The lowest BCUT2D eigenvalue weighted by Gasteiger charge is -2.19. The molecule has 0 saturated carbocycles. The van der Waals surface area contributed by atoms with Gasteiger partial charge in [0.15, 0.2) is 6.10 Å². The van der Waals surface area contributed by atoms with Crippen LogP contribution in [0.3, 0.4) is 0 Å². The van der Waals surface area contributed by atoms with E-state index in [0.717, 1.165) is 31.5 Å². The first-order valence-electron chi connectivity index (χ1n) is 9.81. The number of aromatic nitrogens is 2. The van der Waals surface area contributed by atoms with Crippen LogP contribution in [0.15, 0.2) is 30.3 Å². The average Bonchev–Trinajstić information content (AvgIpc) is 3.31. The smallest absolute Gasteiger partial charge is 0.331 e. The molecule has 6 nitrogen and oxygen atoms in total. The second-order valence-corrected chi connectivity index (χ2v) is 7.74. The fourth-order valence-corrected chi connectivity index (χ4v) is 3.63. The molecule has 0 bridgehead atoms.